The number of carbonyl (C=O) groups is 2. The minimum atomic E-state index is -4.59. The van der Waals surface area contributed by atoms with Gasteiger partial charge < -0.3 is 15.4 Å². The van der Waals surface area contributed by atoms with Crippen LogP contribution in [0.15, 0.2) is 48.5 Å². The van der Waals surface area contributed by atoms with Gasteiger partial charge in [0, 0.05) is 0 Å². The quantitative estimate of drug-likeness (QED) is 0.733. The Morgan fingerprint density at radius 2 is 1.62 bits per heavy atom. The molecule has 0 saturated carbocycles. The monoisotopic (exact) mass is 409 g/mol. The number of methoxy groups -OCH3 is 1. The highest BCUT2D eigenvalue weighted by atomic mass is 19.4. The van der Waals surface area contributed by atoms with Gasteiger partial charge in [0.2, 0.25) is 11.8 Å². The van der Waals surface area contributed by atoms with Crippen molar-refractivity contribution in [3.63, 3.8) is 0 Å². The van der Waals surface area contributed by atoms with Crippen LogP contribution in [-0.4, -0.2) is 43.5 Å². The van der Waals surface area contributed by atoms with E-state index in [1.165, 1.54) is 37.3 Å². The number of benzene rings is 2. The van der Waals surface area contributed by atoms with Crippen LogP contribution in [0.5, 0.6) is 5.75 Å². The second kappa shape index (κ2) is 9.42. The van der Waals surface area contributed by atoms with Crippen molar-refractivity contribution >= 4 is 23.2 Å². The topological polar surface area (TPSA) is 70.7 Å². The molecule has 0 heterocycles. The van der Waals surface area contributed by atoms with E-state index >= 15 is 0 Å². The Balaban J connectivity index is 2.00. The fraction of sp³-hybridized carbons (Fsp3) is 0.300. The molecule has 1 atom stereocenters. The van der Waals surface area contributed by atoms with Gasteiger partial charge >= 0.3 is 6.18 Å². The zero-order chi connectivity index (χ0) is 21.6. The summed E-state index contributed by atoms with van der Waals surface area (Å²) in [7, 11) is 3.01. The first-order valence-corrected chi connectivity index (χ1v) is 8.73. The molecule has 0 aliphatic rings. The van der Waals surface area contributed by atoms with E-state index in [4.69, 9.17) is 4.74 Å². The Labute approximate surface area is 166 Å². The molecule has 6 nitrogen and oxygen atoms in total. The lowest BCUT2D eigenvalue weighted by molar-refractivity contribution is -0.137. The highest BCUT2D eigenvalue weighted by molar-refractivity contribution is 5.97. The number of amides is 2. The molecule has 29 heavy (non-hydrogen) atoms. The van der Waals surface area contributed by atoms with Crippen LogP contribution in [0.4, 0.5) is 24.5 Å². The molecule has 0 spiro atoms. The van der Waals surface area contributed by atoms with Crippen molar-refractivity contribution in [2.75, 3.05) is 31.3 Å². The normalized spacial score (nSPS) is 12.4. The second-order valence-corrected chi connectivity index (χ2v) is 6.37. The van der Waals surface area contributed by atoms with E-state index in [-0.39, 0.29) is 18.1 Å². The third kappa shape index (κ3) is 5.95. The maximum atomic E-state index is 13.0. The number of para-hydroxylation sites is 3. The Bertz CT molecular complexity index is 871. The number of hydrogen-bond acceptors (Lipinski definition) is 4. The number of nitrogens with one attached hydrogen (secondary N) is 2. The van der Waals surface area contributed by atoms with Crippen molar-refractivity contribution in [3.05, 3.63) is 54.1 Å². The summed E-state index contributed by atoms with van der Waals surface area (Å²) in [5.41, 5.74) is -0.786. The van der Waals surface area contributed by atoms with E-state index in [0.29, 0.717) is 11.4 Å². The van der Waals surface area contributed by atoms with Gasteiger partial charge in [-0.15, -0.1) is 0 Å². The summed E-state index contributed by atoms with van der Waals surface area (Å²) in [6.45, 7) is 1.31. The first-order chi connectivity index (χ1) is 13.6. The van der Waals surface area contributed by atoms with E-state index in [1.807, 2.05) is 0 Å². The van der Waals surface area contributed by atoms with Gasteiger partial charge in [0.15, 0.2) is 0 Å². The summed E-state index contributed by atoms with van der Waals surface area (Å²) in [6, 6.07) is 10.8. The zero-order valence-electron chi connectivity index (χ0n) is 16.2. The molecule has 2 N–H and O–H groups in total. The van der Waals surface area contributed by atoms with Gasteiger partial charge in [0.05, 0.1) is 36.6 Å². The van der Waals surface area contributed by atoms with Crippen LogP contribution in [0.3, 0.4) is 0 Å². The second-order valence-electron chi connectivity index (χ2n) is 6.37. The van der Waals surface area contributed by atoms with Crippen LogP contribution in [0.25, 0.3) is 0 Å². The minimum Gasteiger partial charge on any atom is -0.495 e. The van der Waals surface area contributed by atoms with E-state index in [1.54, 1.807) is 31.2 Å². The summed E-state index contributed by atoms with van der Waals surface area (Å²) >= 11 is 0. The molecular formula is C20H22F3N3O3. The Morgan fingerprint density at radius 1 is 1.03 bits per heavy atom. The lowest BCUT2D eigenvalue weighted by Gasteiger charge is -2.24. The van der Waals surface area contributed by atoms with Crippen LogP contribution < -0.4 is 15.4 Å². The number of anilines is 2. The molecule has 156 valence electrons. The fourth-order valence-electron chi connectivity index (χ4n) is 2.58. The number of alkyl halides is 3. The molecular weight excluding hydrogens is 387 g/mol. The molecule has 2 aromatic carbocycles. The lowest BCUT2D eigenvalue weighted by Crippen LogP contribution is -2.43. The smallest absolute Gasteiger partial charge is 0.418 e. The van der Waals surface area contributed by atoms with Crippen molar-refractivity contribution < 1.29 is 27.5 Å². The number of nitrogens with zero attached hydrogens (tertiary/aromatic N) is 1. The first kappa shape index (κ1) is 22.2. The fourth-order valence-corrected chi connectivity index (χ4v) is 2.58. The zero-order valence-corrected chi connectivity index (χ0v) is 16.2. The summed E-state index contributed by atoms with van der Waals surface area (Å²) in [4.78, 5) is 26.1. The number of halogens is 3. The largest absolute Gasteiger partial charge is 0.495 e. The molecule has 2 rings (SSSR count). The number of ether oxygens (including phenoxy) is 1. The van der Waals surface area contributed by atoms with Crippen molar-refractivity contribution in [1.29, 1.82) is 0 Å². The maximum absolute atomic E-state index is 13.0. The van der Waals surface area contributed by atoms with Crippen molar-refractivity contribution in [1.82, 2.24) is 4.90 Å². The van der Waals surface area contributed by atoms with Gasteiger partial charge in [0.1, 0.15) is 5.75 Å². The molecule has 0 saturated heterocycles. The SMILES string of the molecule is COc1ccccc1NC(=O)[C@@H](C)N(C)CC(=O)Nc1ccccc1C(F)(F)F. The summed E-state index contributed by atoms with van der Waals surface area (Å²) < 4.78 is 44.3. The van der Waals surface area contributed by atoms with Crippen molar-refractivity contribution in [2.45, 2.75) is 19.1 Å². The Morgan fingerprint density at radius 3 is 2.24 bits per heavy atom. The maximum Gasteiger partial charge on any atom is 0.418 e. The standard InChI is InChI=1S/C20H22F3N3O3/c1-13(19(28)25-16-10-6-7-11-17(16)29-3)26(2)12-18(27)24-15-9-5-4-8-14(15)20(21,22)23/h4-11,13H,12H2,1-3H3,(H,24,27)(H,25,28)/t13-/m1/s1. The summed E-state index contributed by atoms with van der Waals surface area (Å²) in [5, 5.41) is 4.97. The molecule has 0 radical (unpaired) electrons. The van der Waals surface area contributed by atoms with Crippen molar-refractivity contribution in [3.8, 4) is 5.75 Å². The minimum absolute atomic E-state index is 0.271. The Hall–Kier alpha value is -3.07. The van der Waals surface area contributed by atoms with Crippen LogP contribution in [-0.2, 0) is 15.8 Å². The third-order valence-electron chi connectivity index (χ3n) is 4.31. The van der Waals surface area contributed by atoms with E-state index < -0.39 is 23.7 Å². The van der Waals surface area contributed by atoms with Gasteiger partial charge in [-0.25, -0.2) is 0 Å². The van der Waals surface area contributed by atoms with Gasteiger partial charge in [-0.3, -0.25) is 14.5 Å². The summed E-state index contributed by atoms with van der Waals surface area (Å²) in [6.07, 6.45) is -4.59. The summed E-state index contributed by atoms with van der Waals surface area (Å²) in [5.74, 6) is -0.571. The molecule has 0 fully saturated rings. The molecule has 0 aliphatic carbocycles. The molecule has 0 aliphatic heterocycles. The first-order valence-electron chi connectivity index (χ1n) is 8.73. The molecule has 9 heteroatoms. The number of carbonyl (C=O) groups excluding carboxylic acids is 2. The molecule has 2 amide bonds. The highest BCUT2D eigenvalue weighted by Crippen LogP contribution is 2.34. The van der Waals surface area contributed by atoms with E-state index in [9.17, 15) is 22.8 Å². The van der Waals surface area contributed by atoms with Crippen LogP contribution in [0, 0.1) is 0 Å². The lowest BCUT2D eigenvalue weighted by atomic mass is 10.1. The molecule has 0 unspecified atom stereocenters. The number of likely N-dealkylation sites (N-methyl/N-ethyl adjacent to an activating group) is 1. The predicted molar refractivity (Wildman–Crippen MR) is 104 cm³/mol. The average molecular weight is 409 g/mol. The Kier molecular flexibility index (Phi) is 7.22. The van der Waals surface area contributed by atoms with E-state index in [2.05, 4.69) is 10.6 Å². The van der Waals surface area contributed by atoms with Crippen LogP contribution in [0.1, 0.15) is 12.5 Å². The molecule has 0 bridgehead atoms. The van der Waals surface area contributed by atoms with Gasteiger partial charge in [-0.1, -0.05) is 24.3 Å². The third-order valence-corrected chi connectivity index (χ3v) is 4.31. The van der Waals surface area contributed by atoms with Gasteiger partial charge in [-0.05, 0) is 38.2 Å². The molecule has 2 aromatic rings. The van der Waals surface area contributed by atoms with Crippen LogP contribution >= 0.6 is 0 Å². The number of hydrogen-bond donors (Lipinski definition) is 2. The number of rotatable bonds is 7. The molecule has 0 aromatic heterocycles. The van der Waals surface area contributed by atoms with Gasteiger partial charge in [-0.2, -0.15) is 13.2 Å². The van der Waals surface area contributed by atoms with Crippen molar-refractivity contribution in [2.24, 2.45) is 0 Å². The van der Waals surface area contributed by atoms with Crippen LogP contribution in [0.2, 0.25) is 0 Å². The van der Waals surface area contributed by atoms with Gasteiger partial charge in [0.25, 0.3) is 0 Å². The predicted octanol–water partition coefficient (Wildman–Crippen LogP) is 3.61. The highest BCUT2D eigenvalue weighted by Gasteiger charge is 2.33. The average Bonchev–Trinajstić information content (AvgIpc) is 2.67. The van der Waals surface area contributed by atoms with E-state index in [0.717, 1.165) is 6.07 Å².